The van der Waals surface area contributed by atoms with Crippen LogP contribution in [-0.2, 0) is 9.53 Å². The highest BCUT2D eigenvalue weighted by atomic mass is 79.9. The Balaban J connectivity index is 1.53. The normalized spacial score (nSPS) is 23.2. The molecule has 4 atom stereocenters. The van der Waals surface area contributed by atoms with Gasteiger partial charge in [-0.05, 0) is 24.3 Å². The van der Waals surface area contributed by atoms with Crippen LogP contribution in [0.3, 0.4) is 0 Å². The Morgan fingerprint density at radius 2 is 2.03 bits per heavy atom. The Kier molecular flexibility index (Phi) is 6.02. The van der Waals surface area contributed by atoms with Gasteiger partial charge >= 0.3 is 0 Å². The minimum Gasteiger partial charge on any atom is -0.484 e. The molecule has 0 aliphatic carbocycles. The number of nitrogens with zero attached hydrogens (tertiary/aromatic N) is 3. The number of aromatic amines is 1. The van der Waals surface area contributed by atoms with Crippen molar-refractivity contribution in [3.63, 3.8) is 0 Å². The highest BCUT2D eigenvalue weighted by Gasteiger charge is 2.44. The monoisotopic (exact) mass is 495 g/mol. The molecule has 164 valence electrons. The van der Waals surface area contributed by atoms with Gasteiger partial charge in [0.1, 0.15) is 24.1 Å². The van der Waals surface area contributed by atoms with Crippen LogP contribution in [0.4, 0.5) is 5.95 Å². The molecule has 0 unspecified atom stereocenters. The smallest absolute Gasteiger partial charge is 0.280 e. The molecule has 3 heterocycles. The second kappa shape index (κ2) is 8.72. The summed E-state index contributed by atoms with van der Waals surface area (Å²) in [4.78, 5) is 35.1. The number of imidazole rings is 1. The lowest BCUT2D eigenvalue weighted by atomic mass is 10.1. The van der Waals surface area contributed by atoms with Crippen molar-refractivity contribution in [1.29, 1.82) is 0 Å². The second-order valence-electron chi connectivity index (χ2n) is 6.76. The van der Waals surface area contributed by atoms with Gasteiger partial charge in [0.05, 0.1) is 12.9 Å². The van der Waals surface area contributed by atoms with Crippen molar-refractivity contribution in [1.82, 2.24) is 19.5 Å². The molecule has 1 aromatic carbocycles. The molecule has 1 fully saturated rings. The summed E-state index contributed by atoms with van der Waals surface area (Å²) < 4.78 is 13.0. The summed E-state index contributed by atoms with van der Waals surface area (Å²) in [6.45, 7) is -0.827. The molecule has 5 N–H and O–H groups in total. The maximum atomic E-state index is 12.3. The fourth-order valence-corrected chi connectivity index (χ4v) is 3.39. The lowest BCUT2D eigenvalue weighted by molar-refractivity contribution is -0.118. The molecule has 4 rings (SSSR count). The summed E-state index contributed by atoms with van der Waals surface area (Å²) in [6, 6.07) is 6.89. The third-order valence-corrected chi connectivity index (χ3v) is 5.19. The third kappa shape index (κ3) is 4.31. The Morgan fingerprint density at radius 1 is 1.29 bits per heavy atom. The first kappa shape index (κ1) is 21.4. The van der Waals surface area contributed by atoms with Crippen molar-refractivity contribution in [2.75, 3.05) is 18.5 Å². The number of anilines is 1. The van der Waals surface area contributed by atoms with Crippen molar-refractivity contribution >= 4 is 38.9 Å². The number of halogens is 1. The van der Waals surface area contributed by atoms with Crippen molar-refractivity contribution in [2.24, 2.45) is 0 Å². The summed E-state index contributed by atoms with van der Waals surface area (Å²) in [5, 5.41) is 31.9. The van der Waals surface area contributed by atoms with Crippen LogP contribution in [0.15, 0.2) is 39.9 Å². The van der Waals surface area contributed by atoms with E-state index in [-0.39, 0.29) is 23.7 Å². The summed E-state index contributed by atoms with van der Waals surface area (Å²) in [5.41, 5.74) is -0.663. The van der Waals surface area contributed by atoms with E-state index in [9.17, 15) is 24.9 Å². The number of carbonyl (C=O) groups is 1. The lowest BCUT2D eigenvalue weighted by Crippen LogP contribution is -2.33. The van der Waals surface area contributed by atoms with Gasteiger partial charge in [-0.3, -0.25) is 24.5 Å². The SMILES string of the molecule is O=C(COc1ccc(Br)cc1)Nc1nc2c(ncn2[C@@H]2O[C@H](CO)[C@@H](O)[C@@H]2O)c(=O)[nH]1. The van der Waals surface area contributed by atoms with E-state index in [0.717, 1.165) is 4.47 Å². The van der Waals surface area contributed by atoms with Gasteiger partial charge in [0.25, 0.3) is 11.5 Å². The molecular formula is C18H18BrN5O7. The minimum atomic E-state index is -1.38. The van der Waals surface area contributed by atoms with Gasteiger partial charge in [0.15, 0.2) is 24.0 Å². The molecule has 3 aromatic rings. The van der Waals surface area contributed by atoms with E-state index in [2.05, 4.69) is 36.2 Å². The molecule has 31 heavy (non-hydrogen) atoms. The average molecular weight is 496 g/mol. The van der Waals surface area contributed by atoms with Gasteiger partial charge in [0.2, 0.25) is 5.95 Å². The number of benzene rings is 1. The number of amides is 1. The Morgan fingerprint density at radius 3 is 2.71 bits per heavy atom. The van der Waals surface area contributed by atoms with Gasteiger partial charge < -0.3 is 24.8 Å². The number of H-pyrrole nitrogens is 1. The molecule has 1 amide bonds. The van der Waals surface area contributed by atoms with Gasteiger partial charge in [0, 0.05) is 4.47 Å². The fourth-order valence-electron chi connectivity index (χ4n) is 3.13. The van der Waals surface area contributed by atoms with Crippen LogP contribution < -0.4 is 15.6 Å². The largest absolute Gasteiger partial charge is 0.484 e. The van der Waals surface area contributed by atoms with Gasteiger partial charge in [-0.1, -0.05) is 15.9 Å². The van der Waals surface area contributed by atoms with Crippen LogP contribution in [0.5, 0.6) is 5.75 Å². The molecular weight excluding hydrogens is 478 g/mol. The van der Waals surface area contributed by atoms with Crippen LogP contribution in [0.25, 0.3) is 11.2 Å². The van der Waals surface area contributed by atoms with E-state index in [0.29, 0.717) is 5.75 Å². The van der Waals surface area contributed by atoms with E-state index < -0.39 is 42.6 Å². The first-order valence-electron chi connectivity index (χ1n) is 9.15. The summed E-state index contributed by atoms with van der Waals surface area (Å²) in [6.07, 6.45) is -3.63. The van der Waals surface area contributed by atoms with Crippen LogP contribution in [-0.4, -0.2) is 72.3 Å². The Labute approximate surface area is 182 Å². The molecule has 13 heteroatoms. The molecule has 0 bridgehead atoms. The number of fused-ring (bicyclic) bond motifs is 1. The highest BCUT2D eigenvalue weighted by Crippen LogP contribution is 2.30. The van der Waals surface area contributed by atoms with E-state index in [1.807, 2.05) is 0 Å². The van der Waals surface area contributed by atoms with Crippen molar-refractivity contribution in [3.05, 3.63) is 45.4 Å². The molecule has 1 saturated heterocycles. The van der Waals surface area contributed by atoms with Crippen molar-refractivity contribution < 1.29 is 29.6 Å². The first-order valence-corrected chi connectivity index (χ1v) is 9.94. The van der Waals surface area contributed by atoms with Crippen LogP contribution in [0.1, 0.15) is 6.23 Å². The molecule has 12 nitrogen and oxygen atoms in total. The topological polar surface area (TPSA) is 172 Å². The summed E-state index contributed by atoms with van der Waals surface area (Å²) in [7, 11) is 0. The zero-order valence-electron chi connectivity index (χ0n) is 15.8. The van der Waals surface area contributed by atoms with E-state index in [1.54, 1.807) is 24.3 Å². The van der Waals surface area contributed by atoms with Crippen LogP contribution in [0, 0.1) is 0 Å². The fraction of sp³-hybridized carbons (Fsp3) is 0.333. The number of carbonyl (C=O) groups excluding carboxylic acids is 1. The number of ether oxygens (including phenoxy) is 2. The maximum Gasteiger partial charge on any atom is 0.280 e. The number of nitrogens with one attached hydrogen (secondary N) is 2. The number of aliphatic hydroxyl groups excluding tert-OH is 3. The Hall–Kier alpha value is -2.84. The van der Waals surface area contributed by atoms with Gasteiger partial charge in [-0.25, -0.2) is 4.98 Å². The number of aromatic nitrogens is 4. The van der Waals surface area contributed by atoms with Gasteiger partial charge in [-0.15, -0.1) is 0 Å². The molecule has 1 aliphatic rings. The average Bonchev–Trinajstić information content (AvgIpc) is 3.29. The number of rotatable bonds is 6. The zero-order valence-corrected chi connectivity index (χ0v) is 17.4. The highest BCUT2D eigenvalue weighted by molar-refractivity contribution is 9.10. The standard InChI is InChI=1S/C18H18BrN5O7/c19-8-1-3-9(4-2-8)30-6-11(26)21-18-22-15-12(16(29)23-18)20-7-24(15)17-14(28)13(27)10(5-25)31-17/h1-4,7,10,13-14,17,25,27-28H,5-6H2,(H2,21,22,23,26,29)/t10-,13-,14+,17-/m1/s1. The predicted molar refractivity (Wildman–Crippen MR) is 109 cm³/mol. The third-order valence-electron chi connectivity index (χ3n) is 4.67. The zero-order chi connectivity index (χ0) is 22.1. The van der Waals surface area contributed by atoms with E-state index in [1.165, 1.54) is 10.9 Å². The van der Waals surface area contributed by atoms with E-state index in [4.69, 9.17) is 9.47 Å². The molecule has 1 aliphatic heterocycles. The maximum absolute atomic E-state index is 12.3. The van der Waals surface area contributed by atoms with Crippen molar-refractivity contribution in [2.45, 2.75) is 24.5 Å². The molecule has 0 spiro atoms. The molecule has 0 radical (unpaired) electrons. The lowest BCUT2D eigenvalue weighted by Gasteiger charge is -2.16. The predicted octanol–water partition coefficient (Wildman–Crippen LogP) is -0.489. The van der Waals surface area contributed by atoms with Crippen LogP contribution >= 0.6 is 15.9 Å². The van der Waals surface area contributed by atoms with Gasteiger partial charge in [-0.2, -0.15) is 4.98 Å². The minimum absolute atomic E-state index is 0.0164. The number of hydrogen-bond acceptors (Lipinski definition) is 9. The first-order chi connectivity index (χ1) is 14.9. The molecule has 0 saturated carbocycles. The number of aliphatic hydroxyl groups is 3. The summed E-state index contributed by atoms with van der Waals surface area (Å²) >= 11 is 3.30. The van der Waals surface area contributed by atoms with Crippen LogP contribution in [0.2, 0.25) is 0 Å². The summed E-state index contributed by atoms with van der Waals surface area (Å²) in [5.74, 6) is -0.238. The quantitative estimate of drug-likeness (QED) is 0.302. The van der Waals surface area contributed by atoms with E-state index >= 15 is 0 Å². The molecule has 2 aromatic heterocycles. The van der Waals surface area contributed by atoms with Crippen molar-refractivity contribution in [3.8, 4) is 5.75 Å². The Bertz CT molecular complexity index is 1150. The second-order valence-corrected chi connectivity index (χ2v) is 7.67. The number of hydrogen-bond donors (Lipinski definition) is 5.